The highest BCUT2D eigenvalue weighted by Crippen LogP contribution is 2.30. The minimum atomic E-state index is -0.329. The fraction of sp³-hybridized carbons (Fsp3) is 0.176. The van der Waals surface area contributed by atoms with Crippen molar-refractivity contribution >= 4 is 40.5 Å². The first-order valence-corrected chi connectivity index (χ1v) is 8.10. The fourth-order valence-corrected chi connectivity index (χ4v) is 2.63. The number of thiocarbonyl (C=S) groups is 1. The average Bonchev–Trinajstić information content (AvgIpc) is 2.58. The van der Waals surface area contributed by atoms with Crippen LogP contribution in [0, 0.1) is 6.92 Å². The van der Waals surface area contributed by atoms with E-state index in [1.54, 1.807) is 24.3 Å². The Morgan fingerprint density at radius 1 is 1.17 bits per heavy atom. The number of hydrogen-bond donors (Lipinski definition) is 2. The van der Waals surface area contributed by atoms with Gasteiger partial charge in [0.05, 0.1) is 0 Å². The maximum atomic E-state index is 12.3. The molecule has 1 aliphatic rings. The van der Waals surface area contributed by atoms with Crippen LogP contribution in [0.25, 0.3) is 0 Å². The molecule has 0 radical (unpaired) electrons. The molecule has 5 nitrogen and oxygen atoms in total. The molecule has 24 heavy (non-hydrogen) atoms. The number of benzene rings is 2. The van der Waals surface area contributed by atoms with Gasteiger partial charge >= 0.3 is 0 Å². The first-order chi connectivity index (χ1) is 11.5. The number of hydrogen-bond acceptors (Lipinski definition) is 4. The summed E-state index contributed by atoms with van der Waals surface area (Å²) >= 11 is 11.3. The monoisotopic (exact) mass is 362 g/mol. The maximum Gasteiger partial charge on any atom is 0.257 e. The number of rotatable bonds is 2. The zero-order chi connectivity index (χ0) is 17.1. The summed E-state index contributed by atoms with van der Waals surface area (Å²) in [5.41, 5.74) is 2.04. The molecule has 0 bridgehead atoms. The number of carbonyl (C=O) groups is 1. The average molecular weight is 363 g/mol. The summed E-state index contributed by atoms with van der Waals surface area (Å²) in [5, 5.41) is 6.43. The van der Waals surface area contributed by atoms with Crippen LogP contribution in [0.2, 0.25) is 5.02 Å². The van der Waals surface area contributed by atoms with E-state index < -0.39 is 0 Å². The highest BCUT2D eigenvalue weighted by molar-refractivity contribution is 7.80. The summed E-state index contributed by atoms with van der Waals surface area (Å²) in [7, 11) is 0. The second-order valence-electron chi connectivity index (χ2n) is 5.18. The number of fused-ring (bicyclic) bond motifs is 1. The minimum Gasteiger partial charge on any atom is -0.486 e. The highest BCUT2D eigenvalue weighted by atomic mass is 35.5. The van der Waals surface area contributed by atoms with E-state index in [4.69, 9.17) is 33.3 Å². The van der Waals surface area contributed by atoms with Crippen molar-refractivity contribution in [3.05, 3.63) is 52.5 Å². The van der Waals surface area contributed by atoms with Crippen LogP contribution >= 0.6 is 23.8 Å². The molecular formula is C17H15ClN2O3S. The Hall–Kier alpha value is -2.31. The quantitative estimate of drug-likeness (QED) is 0.800. The summed E-state index contributed by atoms with van der Waals surface area (Å²) < 4.78 is 10.9. The van der Waals surface area contributed by atoms with Gasteiger partial charge in [0.25, 0.3) is 5.91 Å². The molecule has 7 heteroatoms. The van der Waals surface area contributed by atoms with Crippen LogP contribution in [-0.2, 0) is 0 Å². The normalized spacial score (nSPS) is 12.4. The van der Waals surface area contributed by atoms with E-state index in [0.717, 1.165) is 11.3 Å². The molecule has 3 rings (SSSR count). The third kappa shape index (κ3) is 3.60. The molecule has 0 saturated carbocycles. The molecule has 0 aliphatic carbocycles. The molecule has 0 fully saturated rings. The van der Waals surface area contributed by atoms with E-state index in [2.05, 4.69) is 10.6 Å². The van der Waals surface area contributed by atoms with Crippen LogP contribution in [0.1, 0.15) is 15.9 Å². The van der Waals surface area contributed by atoms with E-state index in [0.29, 0.717) is 35.3 Å². The molecule has 0 unspecified atom stereocenters. The smallest absolute Gasteiger partial charge is 0.257 e. The van der Waals surface area contributed by atoms with Crippen molar-refractivity contribution in [2.24, 2.45) is 0 Å². The molecule has 0 spiro atoms. The lowest BCUT2D eigenvalue weighted by molar-refractivity contribution is 0.0976. The van der Waals surface area contributed by atoms with E-state index >= 15 is 0 Å². The van der Waals surface area contributed by atoms with Gasteiger partial charge in [0.2, 0.25) is 0 Å². The number of halogens is 1. The molecule has 0 saturated heterocycles. The number of carbonyl (C=O) groups excluding carboxylic acids is 1. The van der Waals surface area contributed by atoms with Gasteiger partial charge in [0, 0.05) is 16.3 Å². The Morgan fingerprint density at radius 2 is 1.92 bits per heavy atom. The lowest BCUT2D eigenvalue weighted by Gasteiger charge is -2.19. The number of anilines is 1. The van der Waals surface area contributed by atoms with Gasteiger partial charge in [-0.25, -0.2) is 0 Å². The van der Waals surface area contributed by atoms with Crippen LogP contribution in [0.5, 0.6) is 11.5 Å². The van der Waals surface area contributed by atoms with Gasteiger partial charge in [-0.1, -0.05) is 17.7 Å². The summed E-state index contributed by atoms with van der Waals surface area (Å²) in [4.78, 5) is 12.3. The Morgan fingerprint density at radius 3 is 2.71 bits per heavy atom. The molecule has 0 atom stereocenters. The van der Waals surface area contributed by atoms with Gasteiger partial charge in [-0.2, -0.15) is 0 Å². The van der Waals surface area contributed by atoms with Crippen LogP contribution in [0.3, 0.4) is 0 Å². The van der Waals surface area contributed by atoms with E-state index in [-0.39, 0.29) is 11.0 Å². The molecule has 1 aliphatic heterocycles. The van der Waals surface area contributed by atoms with Crippen molar-refractivity contribution < 1.29 is 14.3 Å². The summed E-state index contributed by atoms with van der Waals surface area (Å²) in [6.45, 7) is 2.84. The molecule has 1 heterocycles. The van der Waals surface area contributed by atoms with E-state index in [1.165, 1.54) is 0 Å². The second kappa shape index (κ2) is 7.07. The zero-order valence-electron chi connectivity index (χ0n) is 12.9. The van der Waals surface area contributed by atoms with Gasteiger partial charge in [-0.3, -0.25) is 10.1 Å². The topological polar surface area (TPSA) is 59.6 Å². The first kappa shape index (κ1) is 16.5. The number of amides is 1. The van der Waals surface area contributed by atoms with Gasteiger partial charge in [-0.15, -0.1) is 0 Å². The molecule has 2 aromatic rings. The van der Waals surface area contributed by atoms with Crippen LogP contribution in [0.4, 0.5) is 5.69 Å². The van der Waals surface area contributed by atoms with Crippen LogP contribution in [-0.4, -0.2) is 24.2 Å². The predicted molar refractivity (Wildman–Crippen MR) is 97.3 cm³/mol. The van der Waals surface area contributed by atoms with Crippen molar-refractivity contribution in [3.63, 3.8) is 0 Å². The van der Waals surface area contributed by atoms with Crippen LogP contribution in [0.15, 0.2) is 36.4 Å². The summed E-state index contributed by atoms with van der Waals surface area (Å²) in [5.74, 6) is 0.857. The molecule has 124 valence electrons. The Labute approximate surface area is 149 Å². The Kier molecular flexibility index (Phi) is 4.87. The fourth-order valence-electron chi connectivity index (χ4n) is 2.26. The molecule has 2 aromatic carbocycles. The number of ether oxygens (including phenoxy) is 2. The van der Waals surface area contributed by atoms with Crippen molar-refractivity contribution in [1.29, 1.82) is 0 Å². The lowest BCUT2D eigenvalue weighted by atomic mass is 10.2. The zero-order valence-corrected chi connectivity index (χ0v) is 14.5. The summed E-state index contributed by atoms with van der Waals surface area (Å²) in [6, 6.07) is 10.4. The number of nitrogens with one attached hydrogen (secondary N) is 2. The molecular weight excluding hydrogens is 348 g/mol. The van der Waals surface area contributed by atoms with Gasteiger partial charge in [-0.05, 0) is 55.0 Å². The van der Waals surface area contributed by atoms with Gasteiger partial charge in [0.15, 0.2) is 16.6 Å². The molecule has 0 aromatic heterocycles. The van der Waals surface area contributed by atoms with E-state index in [1.807, 2.05) is 19.1 Å². The second-order valence-corrected chi connectivity index (χ2v) is 5.99. The van der Waals surface area contributed by atoms with Crippen molar-refractivity contribution in [2.45, 2.75) is 6.92 Å². The van der Waals surface area contributed by atoms with E-state index in [9.17, 15) is 4.79 Å². The SMILES string of the molecule is Cc1c(Cl)cccc1NC(=S)NC(=O)c1ccc2c(c1)OCCO2. The van der Waals surface area contributed by atoms with Crippen LogP contribution < -0.4 is 20.1 Å². The van der Waals surface area contributed by atoms with Gasteiger partial charge < -0.3 is 14.8 Å². The highest BCUT2D eigenvalue weighted by Gasteiger charge is 2.16. The van der Waals surface area contributed by atoms with Crippen molar-refractivity contribution in [3.8, 4) is 11.5 Å². The molecule has 2 N–H and O–H groups in total. The summed E-state index contributed by atoms with van der Waals surface area (Å²) in [6.07, 6.45) is 0. The predicted octanol–water partition coefficient (Wildman–Crippen LogP) is 3.55. The first-order valence-electron chi connectivity index (χ1n) is 7.31. The third-order valence-electron chi connectivity index (χ3n) is 3.55. The lowest BCUT2D eigenvalue weighted by Crippen LogP contribution is -2.34. The largest absolute Gasteiger partial charge is 0.486 e. The molecule has 1 amide bonds. The third-order valence-corrected chi connectivity index (χ3v) is 4.16. The van der Waals surface area contributed by atoms with Crippen molar-refractivity contribution in [1.82, 2.24) is 5.32 Å². The Balaban J connectivity index is 1.68. The maximum absolute atomic E-state index is 12.3. The Bertz CT molecular complexity index is 810. The minimum absolute atomic E-state index is 0.195. The van der Waals surface area contributed by atoms with Gasteiger partial charge in [0.1, 0.15) is 13.2 Å². The van der Waals surface area contributed by atoms with Crippen molar-refractivity contribution in [2.75, 3.05) is 18.5 Å². The standard InChI is InChI=1S/C17H15ClN2O3S/c1-10-12(18)3-2-4-13(10)19-17(24)20-16(21)11-5-6-14-15(9-11)23-8-7-22-14/h2-6,9H,7-8H2,1H3,(H2,19,20,21,24).